The number of hydrogen-bond acceptors (Lipinski definition) is 4. The number of aliphatic imine (C=N–C) groups is 1. The highest BCUT2D eigenvalue weighted by Crippen LogP contribution is 2.12. The lowest BCUT2D eigenvalue weighted by Crippen LogP contribution is -2.42. The van der Waals surface area contributed by atoms with Crippen LogP contribution in [-0.4, -0.2) is 34.9 Å². The normalized spacial score (nSPS) is 13.2. The van der Waals surface area contributed by atoms with Crippen LogP contribution in [0.4, 0.5) is 0 Å². The Morgan fingerprint density at radius 3 is 2.17 bits per heavy atom. The van der Waals surface area contributed by atoms with E-state index >= 15 is 0 Å². The first-order valence-corrected chi connectivity index (χ1v) is 10.0. The minimum atomic E-state index is -0.778. The summed E-state index contributed by atoms with van der Waals surface area (Å²) < 4.78 is 0. The first-order chi connectivity index (χ1) is 11.6. The third-order valence-corrected chi connectivity index (χ3v) is 4.48. The first-order valence-electron chi connectivity index (χ1n) is 9.64. The number of nitrogens with zero attached hydrogens (tertiary/aromatic N) is 1. The van der Waals surface area contributed by atoms with Crippen LogP contribution in [0, 0.1) is 0 Å². The summed E-state index contributed by atoms with van der Waals surface area (Å²) in [4.78, 5) is 15.1. The molecule has 2 N–H and O–H groups in total. The minimum Gasteiger partial charge on any atom is -0.480 e. The SMILES string of the molecule is CCCCCCCCCCCC(C)NC(CCCN=C=S)C(=O)O. The number of carbonyl (C=O) groups is 1. The smallest absolute Gasteiger partial charge is 0.320 e. The molecule has 24 heavy (non-hydrogen) atoms. The summed E-state index contributed by atoms with van der Waals surface area (Å²) in [6.07, 6.45) is 14.2. The number of unbranched alkanes of at least 4 members (excludes halogenated alkanes) is 8. The van der Waals surface area contributed by atoms with Gasteiger partial charge in [-0.25, -0.2) is 4.99 Å². The molecule has 0 amide bonds. The quantitative estimate of drug-likeness (QED) is 0.213. The van der Waals surface area contributed by atoms with Crippen LogP contribution in [0.5, 0.6) is 0 Å². The zero-order valence-electron chi connectivity index (χ0n) is 15.6. The molecule has 0 aliphatic heterocycles. The number of isothiocyanates is 1. The molecule has 0 aromatic rings. The van der Waals surface area contributed by atoms with Gasteiger partial charge < -0.3 is 10.4 Å². The van der Waals surface area contributed by atoms with Crippen molar-refractivity contribution < 1.29 is 9.90 Å². The third kappa shape index (κ3) is 14.8. The van der Waals surface area contributed by atoms with Crippen LogP contribution >= 0.6 is 12.2 Å². The molecule has 0 rings (SSSR count). The summed E-state index contributed by atoms with van der Waals surface area (Å²) in [6, 6.07) is -0.247. The van der Waals surface area contributed by atoms with Crippen LogP contribution in [0.1, 0.15) is 90.9 Å². The Morgan fingerprint density at radius 1 is 1.04 bits per heavy atom. The molecule has 0 aromatic carbocycles. The highest BCUT2D eigenvalue weighted by molar-refractivity contribution is 7.78. The molecular weight excluding hydrogens is 320 g/mol. The van der Waals surface area contributed by atoms with Crippen molar-refractivity contribution in [3.8, 4) is 0 Å². The molecule has 0 aromatic heterocycles. The third-order valence-electron chi connectivity index (χ3n) is 4.35. The van der Waals surface area contributed by atoms with Gasteiger partial charge in [0.05, 0.1) is 5.16 Å². The van der Waals surface area contributed by atoms with Crippen LogP contribution in [-0.2, 0) is 4.79 Å². The average Bonchev–Trinajstić information content (AvgIpc) is 2.56. The molecule has 2 unspecified atom stereocenters. The zero-order valence-corrected chi connectivity index (χ0v) is 16.4. The molecule has 0 aliphatic rings. The largest absolute Gasteiger partial charge is 0.480 e. The molecule has 0 saturated carbocycles. The van der Waals surface area contributed by atoms with E-state index in [9.17, 15) is 9.90 Å². The fourth-order valence-corrected chi connectivity index (χ4v) is 2.98. The summed E-state index contributed by atoms with van der Waals surface area (Å²) in [6.45, 7) is 4.88. The first kappa shape index (κ1) is 23.2. The van der Waals surface area contributed by atoms with E-state index in [0.29, 0.717) is 13.0 Å². The van der Waals surface area contributed by atoms with Crippen molar-refractivity contribution in [3.05, 3.63) is 0 Å². The highest BCUT2D eigenvalue weighted by atomic mass is 32.1. The van der Waals surface area contributed by atoms with Crippen LogP contribution < -0.4 is 5.32 Å². The molecule has 0 aliphatic carbocycles. The number of rotatable bonds is 17. The minimum absolute atomic E-state index is 0.240. The second-order valence-corrected chi connectivity index (χ2v) is 6.87. The van der Waals surface area contributed by atoms with Gasteiger partial charge in [-0.2, -0.15) is 0 Å². The fraction of sp³-hybridized carbons (Fsp3) is 0.895. The Morgan fingerprint density at radius 2 is 1.62 bits per heavy atom. The fourth-order valence-electron chi connectivity index (χ4n) is 2.89. The van der Waals surface area contributed by atoms with Gasteiger partial charge in [-0.15, -0.1) is 0 Å². The lowest BCUT2D eigenvalue weighted by Gasteiger charge is -2.20. The second kappa shape index (κ2) is 17.1. The van der Waals surface area contributed by atoms with Crippen molar-refractivity contribution in [2.75, 3.05) is 6.54 Å². The Balaban J connectivity index is 3.67. The van der Waals surface area contributed by atoms with E-state index in [4.69, 9.17) is 0 Å². The molecule has 0 heterocycles. The lowest BCUT2D eigenvalue weighted by atomic mass is 10.0. The van der Waals surface area contributed by atoms with Gasteiger partial charge in [0.1, 0.15) is 6.04 Å². The Kier molecular flexibility index (Phi) is 16.5. The standard InChI is InChI=1S/C19H36N2O2S/c1-3-4-5-6-7-8-9-10-11-13-17(2)21-18(19(22)23)14-12-15-20-16-24/h17-18,21H,3-15H2,1-2H3,(H,22,23). The van der Waals surface area contributed by atoms with Crippen LogP contribution in [0.25, 0.3) is 0 Å². The van der Waals surface area contributed by atoms with Gasteiger partial charge in [0, 0.05) is 12.6 Å². The number of hydrogen-bond donors (Lipinski definition) is 2. The van der Waals surface area contributed by atoms with E-state index < -0.39 is 12.0 Å². The number of nitrogens with one attached hydrogen (secondary N) is 1. The van der Waals surface area contributed by atoms with Crippen molar-refractivity contribution in [1.29, 1.82) is 0 Å². The zero-order chi connectivity index (χ0) is 18.0. The molecule has 0 radical (unpaired) electrons. The summed E-state index contributed by atoms with van der Waals surface area (Å²) in [5.74, 6) is -0.778. The molecule has 4 nitrogen and oxygen atoms in total. The van der Waals surface area contributed by atoms with Gasteiger partial charge in [0.15, 0.2) is 0 Å². The van der Waals surface area contributed by atoms with E-state index in [1.165, 1.54) is 57.8 Å². The van der Waals surface area contributed by atoms with E-state index in [2.05, 4.69) is 41.5 Å². The van der Waals surface area contributed by atoms with Crippen molar-refractivity contribution in [2.45, 2.75) is 103 Å². The summed E-state index contributed by atoms with van der Waals surface area (Å²) >= 11 is 4.51. The number of carboxylic acid groups (broad SMARTS) is 1. The molecule has 0 fully saturated rings. The molecular formula is C19H36N2O2S. The maximum atomic E-state index is 11.3. The van der Waals surface area contributed by atoms with Gasteiger partial charge in [-0.1, -0.05) is 64.7 Å². The average molecular weight is 357 g/mol. The van der Waals surface area contributed by atoms with Gasteiger partial charge in [-0.3, -0.25) is 4.79 Å². The predicted molar refractivity (Wildman–Crippen MR) is 105 cm³/mol. The number of thiocarbonyl (C=S) groups is 1. The van der Waals surface area contributed by atoms with Crippen molar-refractivity contribution in [1.82, 2.24) is 5.32 Å². The Labute approximate surface area is 153 Å². The molecule has 2 atom stereocenters. The number of aliphatic carboxylic acids is 1. The van der Waals surface area contributed by atoms with Crippen LogP contribution in [0.15, 0.2) is 4.99 Å². The monoisotopic (exact) mass is 356 g/mol. The van der Waals surface area contributed by atoms with E-state index in [0.717, 1.165) is 12.8 Å². The number of carboxylic acids is 1. The second-order valence-electron chi connectivity index (χ2n) is 6.69. The van der Waals surface area contributed by atoms with E-state index in [-0.39, 0.29) is 6.04 Å². The van der Waals surface area contributed by atoms with Gasteiger partial charge in [0.25, 0.3) is 0 Å². The van der Waals surface area contributed by atoms with Crippen molar-refractivity contribution in [2.24, 2.45) is 4.99 Å². The highest BCUT2D eigenvalue weighted by Gasteiger charge is 2.18. The topological polar surface area (TPSA) is 61.7 Å². The summed E-state index contributed by atoms with van der Waals surface area (Å²) in [5.41, 5.74) is 0. The molecule has 0 saturated heterocycles. The summed E-state index contributed by atoms with van der Waals surface area (Å²) in [5, 5.41) is 14.8. The maximum absolute atomic E-state index is 11.3. The van der Waals surface area contributed by atoms with Gasteiger partial charge >= 0.3 is 5.97 Å². The van der Waals surface area contributed by atoms with Crippen molar-refractivity contribution >= 4 is 23.3 Å². The van der Waals surface area contributed by atoms with E-state index in [1.54, 1.807) is 0 Å². The van der Waals surface area contributed by atoms with Gasteiger partial charge in [0.2, 0.25) is 0 Å². The Hall–Kier alpha value is -0.770. The molecule has 0 bridgehead atoms. The maximum Gasteiger partial charge on any atom is 0.320 e. The summed E-state index contributed by atoms with van der Waals surface area (Å²) in [7, 11) is 0. The molecule has 5 heteroatoms. The van der Waals surface area contributed by atoms with Crippen molar-refractivity contribution in [3.63, 3.8) is 0 Å². The van der Waals surface area contributed by atoms with Crippen LogP contribution in [0.2, 0.25) is 0 Å². The van der Waals surface area contributed by atoms with Gasteiger partial charge in [-0.05, 0) is 38.4 Å². The predicted octanol–water partition coefficient (Wildman–Crippen LogP) is 5.22. The molecule has 140 valence electrons. The molecule has 0 spiro atoms. The Bertz CT molecular complexity index is 357. The van der Waals surface area contributed by atoms with Crippen LogP contribution in [0.3, 0.4) is 0 Å². The lowest BCUT2D eigenvalue weighted by molar-refractivity contribution is -0.139. The van der Waals surface area contributed by atoms with E-state index in [1.807, 2.05) is 0 Å².